The predicted molar refractivity (Wildman–Crippen MR) is 68.6 cm³/mol. The monoisotopic (exact) mass is 303 g/mol. The molecule has 1 unspecified atom stereocenters. The molecule has 1 fully saturated rings. The maximum absolute atomic E-state index is 12.4. The van der Waals surface area contributed by atoms with Gasteiger partial charge >= 0.3 is 6.18 Å². The molecule has 1 saturated heterocycles. The number of pyridine rings is 1. The van der Waals surface area contributed by atoms with Crippen molar-refractivity contribution in [1.29, 1.82) is 0 Å². The van der Waals surface area contributed by atoms with Gasteiger partial charge < -0.3 is 10.6 Å². The molecular weight excluding hydrogens is 290 g/mol. The summed E-state index contributed by atoms with van der Waals surface area (Å²) >= 11 is 0. The fourth-order valence-electron chi connectivity index (χ4n) is 1.67. The Labute approximate surface area is 115 Å². The zero-order chi connectivity index (χ0) is 11.6. The first-order chi connectivity index (χ1) is 7.55. The summed E-state index contributed by atoms with van der Waals surface area (Å²) in [6, 6.07) is 2.17. The Balaban J connectivity index is 0.00000144. The summed E-state index contributed by atoms with van der Waals surface area (Å²) in [5.41, 5.74) is -0.670. The molecule has 1 aliphatic rings. The van der Waals surface area contributed by atoms with Crippen molar-refractivity contribution in [2.75, 3.05) is 18.4 Å². The molecule has 1 aromatic rings. The standard InChI is InChI=1S/C10H12F3N3.2ClH/c11-10(12,13)7-1-4-15-9(5-7)16-8-2-3-14-6-8;;/h1,4-5,8,14H,2-3,6H2,(H,15,16);2*1H. The van der Waals surface area contributed by atoms with Crippen LogP contribution in [-0.4, -0.2) is 24.1 Å². The molecule has 1 aliphatic heterocycles. The number of nitrogens with one attached hydrogen (secondary N) is 2. The van der Waals surface area contributed by atoms with Crippen molar-refractivity contribution in [2.45, 2.75) is 18.6 Å². The van der Waals surface area contributed by atoms with Gasteiger partial charge in [-0.2, -0.15) is 13.2 Å². The highest BCUT2D eigenvalue weighted by atomic mass is 35.5. The van der Waals surface area contributed by atoms with Crippen molar-refractivity contribution in [2.24, 2.45) is 0 Å². The summed E-state index contributed by atoms with van der Waals surface area (Å²) in [5.74, 6) is 0.281. The van der Waals surface area contributed by atoms with Crippen LogP contribution in [0.5, 0.6) is 0 Å². The Kier molecular flexibility index (Phi) is 6.73. The number of alkyl halides is 3. The van der Waals surface area contributed by atoms with Crippen LogP contribution in [0.2, 0.25) is 0 Å². The van der Waals surface area contributed by atoms with Gasteiger partial charge in [0.15, 0.2) is 0 Å². The Morgan fingerprint density at radius 2 is 2.06 bits per heavy atom. The van der Waals surface area contributed by atoms with Gasteiger partial charge in [0.25, 0.3) is 0 Å². The lowest BCUT2D eigenvalue weighted by Gasteiger charge is -2.13. The van der Waals surface area contributed by atoms with E-state index in [1.165, 1.54) is 6.20 Å². The molecule has 1 aromatic heterocycles. The van der Waals surface area contributed by atoms with Crippen molar-refractivity contribution in [3.05, 3.63) is 23.9 Å². The van der Waals surface area contributed by atoms with Crippen molar-refractivity contribution >= 4 is 30.6 Å². The van der Waals surface area contributed by atoms with Gasteiger partial charge in [0.05, 0.1) is 5.56 Å². The summed E-state index contributed by atoms with van der Waals surface area (Å²) < 4.78 is 37.2. The summed E-state index contributed by atoms with van der Waals surface area (Å²) in [6.45, 7) is 1.65. The number of nitrogens with zero attached hydrogens (tertiary/aromatic N) is 1. The van der Waals surface area contributed by atoms with E-state index in [2.05, 4.69) is 15.6 Å². The second-order valence-electron chi connectivity index (χ2n) is 3.76. The fraction of sp³-hybridized carbons (Fsp3) is 0.500. The number of anilines is 1. The maximum Gasteiger partial charge on any atom is 0.416 e. The second kappa shape index (κ2) is 7.01. The third-order valence-electron chi connectivity index (χ3n) is 2.50. The van der Waals surface area contributed by atoms with E-state index in [-0.39, 0.29) is 36.7 Å². The minimum absolute atomic E-state index is 0. The molecule has 0 spiro atoms. The first kappa shape index (κ1) is 17.3. The Morgan fingerprint density at radius 1 is 1.33 bits per heavy atom. The minimum atomic E-state index is -4.31. The molecule has 2 rings (SSSR count). The minimum Gasteiger partial charge on any atom is -0.366 e. The highest BCUT2D eigenvalue weighted by molar-refractivity contribution is 5.85. The predicted octanol–water partition coefficient (Wildman–Crippen LogP) is 2.72. The van der Waals surface area contributed by atoms with E-state index in [4.69, 9.17) is 0 Å². The smallest absolute Gasteiger partial charge is 0.366 e. The van der Waals surface area contributed by atoms with Crippen LogP contribution >= 0.6 is 24.8 Å². The largest absolute Gasteiger partial charge is 0.416 e. The number of hydrogen-bond acceptors (Lipinski definition) is 3. The van der Waals surface area contributed by atoms with Gasteiger partial charge in [-0.1, -0.05) is 0 Å². The van der Waals surface area contributed by atoms with Crippen LogP contribution in [0, 0.1) is 0 Å². The van der Waals surface area contributed by atoms with Crippen LogP contribution < -0.4 is 10.6 Å². The number of rotatable bonds is 2. The van der Waals surface area contributed by atoms with Gasteiger partial charge in [0, 0.05) is 18.8 Å². The Morgan fingerprint density at radius 3 is 2.61 bits per heavy atom. The SMILES string of the molecule is Cl.Cl.FC(F)(F)c1ccnc(NC2CCNC2)c1. The Bertz CT molecular complexity index is 368. The summed E-state index contributed by atoms with van der Waals surface area (Å²) in [7, 11) is 0. The molecule has 0 saturated carbocycles. The van der Waals surface area contributed by atoms with E-state index in [1.54, 1.807) is 0 Å². The Hall–Kier alpha value is -0.720. The zero-order valence-corrected chi connectivity index (χ0v) is 11.0. The molecule has 1 atom stereocenters. The highest BCUT2D eigenvalue weighted by Gasteiger charge is 2.30. The normalized spacial score (nSPS) is 18.7. The average molecular weight is 304 g/mol. The summed E-state index contributed by atoms with van der Waals surface area (Å²) in [6.07, 6.45) is -2.24. The van der Waals surface area contributed by atoms with E-state index < -0.39 is 11.7 Å². The van der Waals surface area contributed by atoms with Crippen molar-refractivity contribution in [3.8, 4) is 0 Å². The van der Waals surface area contributed by atoms with Crippen LogP contribution in [0.25, 0.3) is 0 Å². The van der Waals surface area contributed by atoms with Gasteiger partial charge in [0.2, 0.25) is 0 Å². The number of hydrogen-bond donors (Lipinski definition) is 2. The fourth-order valence-corrected chi connectivity index (χ4v) is 1.67. The van der Waals surface area contributed by atoms with Crippen LogP contribution in [0.1, 0.15) is 12.0 Å². The summed E-state index contributed by atoms with van der Waals surface area (Å²) in [4.78, 5) is 3.88. The topological polar surface area (TPSA) is 37.0 Å². The van der Waals surface area contributed by atoms with E-state index >= 15 is 0 Å². The number of aromatic nitrogens is 1. The van der Waals surface area contributed by atoms with E-state index in [9.17, 15) is 13.2 Å². The average Bonchev–Trinajstić information content (AvgIpc) is 2.70. The van der Waals surface area contributed by atoms with E-state index in [0.29, 0.717) is 0 Å². The molecule has 2 heterocycles. The lowest BCUT2D eigenvalue weighted by molar-refractivity contribution is -0.137. The van der Waals surface area contributed by atoms with Crippen LogP contribution in [0.15, 0.2) is 18.3 Å². The first-order valence-electron chi connectivity index (χ1n) is 5.06. The van der Waals surface area contributed by atoms with Gasteiger partial charge in [0.1, 0.15) is 5.82 Å². The number of halogens is 5. The van der Waals surface area contributed by atoms with Gasteiger partial charge in [-0.3, -0.25) is 0 Å². The van der Waals surface area contributed by atoms with Crippen molar-refractivity contribution in [3.63, 3.8) is 0 Å². The van der Waals surface area contributed by atoms with E-state index in [1.807, 2.05) is 0 Å². The van der Waals surface area contributed by atoms with Crippen LogP contribution in [-0.2, 0) is 6.18 Å². The van der Waals surface area contributed by atoms with Crippen LogP contribution in [0.3, 0.4) is 0 Å². The third kappa shape index (κ3) is 4.51. The zero-order valence-electron chi connectivity index (χ0n) is 9.33. The lowest BCUT2D eigenvalue weighted by atomic mass is 10.2. The van der Waals surface area contributed by atoms with Gasteiger partial charge in [-0.15, -0.1) is 24.8 Å². The van der Waals surface area contributed by atoms with Gasteiger partial charge in [-0.05, 0) is 25.1 Å². The molecule has 0 amide bonds. The third-order valence-corrected chi connectivity index (χ3v) is 2.50. The van der Waals surface area contributed by atoms with Gasteiger partial charge in [-0.25, -0.2) is 4.98 Å². The quantitative estimate of drug-likeness (QED) is 0.882. The molecule has 18 heavy (non-hydrogen) atoms. The molecule has 104 valence electrons. The molecule has 8 heteroatoms. The summed E-state index contributed by atoms with van der Waals surface area (Å²) in [5, 5.41) is 6.10. The molecule has 0 radical (unpaired) electrons. The lowest BCUT2D eigenvalue weighted by Crippen LogP contribution is -2.23. The van der Waals surface area contributed by atoms with E-state index in [0.717, 1.165) is 31.6 Å². The van der Waals surface area contributed by atoms with Crippen molar-refractivity contribution in [1.82, 2.24) is 10.3 Å². The molecule has 0 aromatic carbocycles. The molecule has 2 N–H and O–H groups in total. The van der Waals surface area contributed by atoms with Crippen molar-refractivity contribution < 1.29 is 13.2 Å². The maximum atomic E-state index is 12.4. The molecule has 3 nitrogen and oxygen atoms in total. The molecule has 0 bridgehead atoms. The first-order valence-corrected chi connectivity index (χ1v) is 5.06. The second-order valence-corrected chi connectivity index (χ2v) is 3.76. The van der Waals surface area contributed by atoms with Crippen LogP contribution in [0.4, 0.5) is 19.0 Å². The molecular formula is C10H14Cl2F3N3. The molecule has 0 aliphatic carbocycles. The highest BCUT2D eigenvalue weighted by Crippen LogP contribution is 2.30.